The molecule has 0 bridgehead atoms. The quantitative estimate of drug-likeness (QED) is 0.751. The smallest absolute Gasteiger partial charge is 0.176 e. The van der Waals surface area contributed by atoms with Crippen molar-refractivity contribution in [3.05, 3.63) is 21.9 Å². The number of hydrogen-bond donors (Lipinski definition) is 0. The fourth-order valence-electron chi connectivity index (χ4n) is 2.03. The number of carbonyl (C=O) groups excluding carboxylic acids is 1. The second kappa shape index (κ2) is 4.91. The van der Waals surface area contributed by atoms with Gasteiger partial charge in [-0.15, -0.1) is 11.3 Å². The first kappa shape index (κ1) is 12.8. The van der Waals surface area contributed by atoms with E-state index in [4.69, 9.17) is 4.74 Å². The predicted octanol–water partition coefficient (Wildman–Crippen LogP) is 3.65. The molecule has 0 aliphatic carbocycles. The molecule has 1 aromatic rings. The molecule has 3 heteroatoms. The van der Waals surface area contributed by atoms with E-state index < -0.39 is 0 Å². The lowest BCUT2D eigenvalue weighted by molar-refractivity contribution is 0.0547. The molecule has 0 N–H and O–H groups in total. The summed E-state index contributed by atoms with van der Waals surface area (Å²) < 4.78 is 5.30. The van der Waals surface area contributed by atoms with Crippen LogP contribution >= 0.6 is 11.3 Å². The highest BCUT2D eigenvalue weighted by atomic mass is 32.1. The molecule has 0 saturated carbocycles. The van der Waals surface area contributed by atoms with E-state index in [-0.39, 0.29) is 11.3 Å². The third kappa shape index (κ3) is 2.96. The molecule has 0 aromatic carbocycles. The van der Waals surface area contributed by atoms with Crippen molar-refractivity contribution < 1.29 is 9.53 Å². The van der Waals surface area contributed by atoms with Gasteiger partial charge in [-0.1, -0.05) is 20.8 Å². The van der Waals surface area contributed by atoms with E-state index in [0.717, 1.165) is 30.9 Å². The van der Waals surface area contributed by atoms with Gasteiger partial charge in [0.25, 0.3) is 0 Å². The zero-order valence-corrected chi connectivity index (χ0v) is 11.6. The molecule has 0 radical (unpaired) electrons. The van der Waals surface area contributed by atoms with E-state index in [1.54, 1.807) is 11.3 Å². The fraction of sp³-hybridized carbons (Fsp3) is 0.643. The first-order valence-corrected chi connectivity index (χ1v) is 7.02. The maximum absolute atomic E-state index is 12.3. The van der Waals surface area contributed by atoms with Crippen LogP contribution in [-0.2, 0) is 10.2 Å². The molecule has 1 saturated heterocycles. The summed E-state index contributed by atoms with van der Waals surface area (Å²) >= 11 is 1.65. The number of thiophene rings is 1. The van der Waals surface area contributed by atoms with Gasteiger partial charge in [0.2, 0.25) is 0 Å². The third-order valence-electron chi connectivity index (χ3n) is 3.18. The Balaban J connectivity index is 2.11. The van der Waals surface area contributed by atoms with Crippen LogP contribution in [0.25, 0.3) is 0 Å². The monoisotopic (exact) mass is 252 g/mol. The van der Waals surface area contributed by atoms with Crippen LogP contribution in [0.2, 0.25) is 0 Å². The number of ether oxygens (including phenoxy) is 1. The number of rotatable bonds is 2. The van der Waals surface area contributed by atoms with Gasteiger partial charge in [0.1, 0.15) is 0 Å². The van der Waals surface area contributed by atoms with Crippen LogP contribution in [0.15, 0.2) is 12.1 Å². The highest BCUT2D eigenvalue weighted by Crippen LogP contribution is 2.31. The van der Waals surface area contributed by atoms with Gasteiger partial charge < -0.3 is 4.74 Å². The molecule has 94 valence electrons. The standard InChI is InChI=1S/C14H20O2S/c1-14(2,3)12-5-4-11(17-12)13(15)10-6-8-16-9-7-10/h4-5,10H,6-9H2,1-3H3. The summed E-state index contributed by atoms with van der Waals surface area (Å²) in [5.41, 5.74) is 0.138. The van der Waals surface area contributed by atoms with Crippen molar-refractivity contribution in [3.8, 4) is 0 Å². The van der Waals surface area contributed by atoms with Crippen molar-refractivity contribution in [1.82, 2.24) is 0 Å². The number of ketones is 1. The van der Waals surface area contributed by atoms with Gasteiger partial charge >= 0.3 is 0 Å². The van der Waals surface area contributed by atoms with Crippen molar-refractivity contribution in [1.29, 1.82) is 0 Å². The van der Waals surface area contributed by atoms with E-state index in [1.807, 2.05) is 6.07 Å². The summed E-state index contributed by atoms with van der Waals surface area (Å²) in [6.07, 6.45) is 1.75. The first-order valence-electron chi connectivity index (χ1n) is 6.21. The average Bonchev–Trinajstić information content (AvgIpc) is 2.78. The largest absolute Gasteiger partial charge is 0.381 e. The molecule has 1 fully saturated rings. The summed E-state index contributed by atoms with van der Waals surface area (Å²) in [5, 5.41) is 0. The van der Waals surface area contributed by atoms with Crippen LogP contribution in [-0.4, -0.2) is 19.0 Å². The lowest BCUT2D eigenvalue weighted by Crippen LogP contribution is -2.22. The summed E-state index contributed by atoms with van der Waals surface area (Å²) in [6, 6.07) is 4.08. The minimum Gasteiger partial charge on any atom is -0.381 e. The maximum atomic E-state index is 12.3. The normalized spacial score (nSPS) is 18.3. The minimum atomic E-state index is 0.138. The lowest BCUT2D eigenvalue weighted by Gasteiger charge is -2.20. The molecular formula is C14H20O2S. The van der Waals surface area contributed by atoms with Gasteiger partial charge in [0.15, 0.2) is 5.78 Å². The van der Waals surface area contributed by atoms with Gasteiger partial charge in [0.05, 0.1) is 4.88 Å². The van der Waals surface area contributed by atoms with Crippen molar-refractivity contribution in [3.63, 3.8) is 0 Å². The van der Waals surface area contributed by atoms with E-state index >= 15 is 0 Å². The number of Topliss-reactive ketones (excluding diaryl/α,β-unsaturated/α-hetero) is 1. The van der Waals surface area contributed by atoms with Crippen molar-refractivity contribution in [2.75, 3.05) is 13.2 Å². The first-order chi connectivity index (χ1) is 7.98. The number of hydrogen-bond acceptors (Lipinski definition) is 3. The second-order valence-electron chi connectivity index (χ2n) is 5.66. The number of carbonyl (C=O) groups is 1. The van der Waals surface area contributed by atoms with Crippen molar-refractivity contribution in [2.24, 2.45) is 5.92 Å². The maximum Gasteiger partial charge on any atom is 0.176 e. The van der Waals surface area contributed by atoms with Gasteiger partial charge in [-0.3, -0.25) is 4.79 Å². The summed E-state index contributed by atoms with van der Waals surface area (Å²) in [7, 11) is 0. The topological polar surface area (TPSA) is 26.3 Å². The Labute approximate surface area is 107 Å². The molecule has 2 nitrogen and oxygen atoms in total. The Hall–Kier alpha value is -0.670. The minimum absolute atomic E-state index is 0.138. The molecule has 0 unspecified atom stereocenters. The van der Waals surface area contributed by atoms with Crippen LogP contribution in [0, 0.1) is 5.92 Å². The molecule has 0 amide bonds. The molecule has 17 heavy (non-hydrogen) atoms. The molecule has 1 aliphatic rings. The van der Waals surface area contributed by atoms with Gasteiger partial charge in [0, 0.05) is 24.0 Å². The highest BCUT2D eigenvalue weighted by molar-refractivity contribution is 7.14. The van der Waals surface area contributed by atoms with E-state index in [9.17, 15) is 4.79 Å². The Bertz CT molecular complexity index is 395. The summed E-state index contributed by atoms with van der Waals surface area (Å²) in [5.74, 6) is 0.490. The molecule has 2 heterocycles. The van der Waals surface area contributed by atoms with E-state index in [0.29, 0.717) is 5.78 Å². The molecule has 0 atom stereocenters. The van der Waals surface area contributed by atoms with Crippen LogP contribution in [0.5, 0.6) is 0 Å². The summed E-state index contributed by atoms with van der Waals surface area (Å²) in [6.45, 7) is 8.01. The zero-order valence-electron chi connectivity index (χ0n) is 10.8. The van der Waals surface area contributed by atoms with E-state index in [1.165, 1.54) is 4.88 Å². The second-order valence-corrected chi connectivity index (χ2v) is 6.75. The Morgan fingerprint density at radius 2 is 1.94 bits per heavy atom. The summed E-state index contributed by atoms with van der Waals surface area (Å²) in [4.78, 5) is 14.5. The fourth-order valence-corrected chi connectivity index (χ4v) is 3.12. The SMILES string of the molecule is CC(C)(C)c1ccc(C(=O)C2CCOCC2)s1. The van der Waals surface area contributed by atoms with Crippen LogP contribution in [0.4, 0.5) is 0 Å². The van der Waals surface area contributed by atoms with Crippen molar-refractivity contribution in [2.45, 2.75) is 39.0 Å². The molecule has 2 rings (SSSR count). The highest BCUT2D eigenvalue weighted by Gasteiger charge is 2.25. The van der Waals surface area contributed by atoms with Crippen LogP contribution in [0.3, 0.4) is 0 Å². The van der Waals surface area contributed by atoms with Gasteiger partial charge in [-0.25, -0.2) is 0 Å². The zero-order chi connectivity index (χ0) is 12.5. The lowest BCUT2D eigenvalue weighted by atomic mass is 9.93. The average molecular weight is 252 g/mol. The molecular weight excluding hydrogens is 232 g/mol. The molecule has 1 aromatic heterocycles. The third-order valence-corrected chi connectivity index (χ3v) is 4.71. The Morgan fingerprint density at radius 1 is 1.29 bits per heavy atom. The predicted molar refractivity (Wildman–Crippen MR) is 70.9 cm³/mol. The van der Waals surface area contributed by atoms with Gasteiger partial charge in [-0.2, -0.15) is 0 Å². The molecule has 0 spiro atoms. The van der Waals surface area contributed by atoms with Crippen LogP contribution in [0.1, 0.15) is 48.2 Å². The van der Waals surface area contributed by atoms with E-state index in [2.05, 4.69) is 26.8 Å². The molecule has 1 aliphatic heterocycles. The van der Waals surface area contributed by atoms with Crippen molar-refractivity contribution >= 4 is 17.1 Å². The van der Waals surface area contributed by atoms with Crippen LogP contribution < -0.4 is 0 Å². The van der Waals surface area contributed by atoms with Gasteiger partial charge in [-0.05, 0) is 30.4 Å². The Morgan fingerprint density at radius 3 is 2.47 bits per heavy atom. The Kier molecular flexibility index (Phi) is 3.69.